The summed E-state index contributed by atoms with van der Waals surface area (Å²) in [5.41, 5.74) is 0. The van der Waals surface area contributed by atoms with Crippen LogP contribution in [-0.4, -0.2) is 63.5 Å². The fourth-order valence-corrected chi connectivity index (χ4v) is 4.89. The van der Waals surface area contributed by atoms with Crippen molar-refractivity contribution in [2.45, 2.75) is 148 Å². The molecule has 0 aromatic heterocycles. The number of esters is 2. The molecule has 47 heavy (non-hydrogen) atoms. The number of ether oxygens (including phenoxy) is 2. The highest BCUT2D eigenvalue weighted by atomic mass is 31.2. The van der Waals surface area contributed by atoms with Crippen molar-refractivity contribution in [2.75, 3.05) is 13.2 Å². The summed E-state index contributed by atoms with van der Waals surface area (Å²) in [6.45, 7) is 5.52. The lowest BCUT2D eigenvalue weighted by Crippen LogP contribution is -2.29. The molecule has 272 valence electrons. The SMILES string of the molecule is CC/C=C\C/C=C\C/C=C\C/C=C\C[C@H](O)[C@@H](O)CCCC(=O)OC[C@H](COP(=O)(O)O)OC(=O)CCCCCCCCCC(C)C. The molecule has 0 fully saturated rings. The number of rotatable bonds is 30. The van der Waals surface area contributed by atoms with Gasteiger partial charge in [-0.3, -0.25) is 14.1 Å². The molecule has 0 spiro atoms. The molecule has 11 heteroatoms. The maximum absolute atomic E-state index is 12.3. The highest BCUT2D eigenvalue weighted by Gasteiger charge is 2.23. The van der Waals surface area contributed by atoms with Crippen molar-refractivity contribution in [2.24, 2.45) is 5.92 Å². The largest absolute Gasteiger partial charge is 0.469 e. The van der Waals surface area contributed by atoms with Crippen LogP contribution in [0.15, 0.2) is 48.6 Å². The zero-order valence-corrected chi connectivity index (χ0v) is 29.9. The molecule has 0 heterocycles. The highest BCUT2D eigenvalue weighted by molar-refractivity contribution is 7.46. The number of hydrogen-bond donors (Lipinski definition) is 4. The van der Waals surface area contributed by atoms with E-state index >= 15 is 0 Å². The quantitative estimate of drug-likeness (QED) is 0.0254. The molecular formula is C36H63O10P. The minimum absolute atomic E-state index is 0.0504. The number of allylic oxidation sites excluding steroid dienone is 7. The van der Waals surface area contributed by atoms with Gasteiger partial charge in [0.05, 0.1) is 18.8 Å². The minimum Gasteiger partial charge on any atom is -0.462 e. The fourth-order valence-electron chi connectivity index (χ4n) is 4.53. The van der Waals surface area contributed by atoms with Crippen LogP contribution >= 0.6 is 7.82 Å². The average molecular weight is 687 g/mol. The lowest BCUT2D eigenvalue weighted by Gasteiger charge is -2.19. The molecule has 0 aromatic rings. The van der Waals surface area contributed by atoms with Gasteiger partial charge in [-0.25, -0.2) is 4.57 Å². The monoisotopic (exact) mass is 686 g/mol. The van der Waals surface area contributed by atoms with Crippen LogP contribution in [0.3, 0.4) is 0 Å². The zero-order chi connectivity index (χ0) is 35.2. The number of aliphatic hydroxyl groups is 2. The number of unbranched alkanes of at least 4 members (excludes halogenated alkanes) is 6. The van der Waals surface area contributed by atoms with Gasteiger partial charge in [-0.15, -0.1) is 0 Å². The van der Waals surface area contributed by atoms with E-state index in [9.17, 15) is 24.4 Å². The number of phosphoric ester groups is 1. The van der Waals surface area contributed by atoms with Gasteiger partial charge < -0.3 is 29.5 Å². The van der Waals surface area contributed by atoms with Crippen LogP contribution in [0.4, 0.5) is 0 Å². The third kappa shape index (κ3) is 32.3. The first-order valence-electron chi connectivity index (χ1n) is 17.5. The van der Waals surface area contributed by atoms with Crippen LogP contribution in [0.25, 0.3) is 0 Å². The van der Waals surface area contributed by atoms with Crippen LogP contribution < -0.4 is 0 Å². The van der Waals surface area contributed by atoms with E-state index in [0.29, 0.717) is 6.42 Å². The summed E-state index contributed by atoms with van der Waals surface area (Å²) in [4.78, 5) is 42.6. The number of phosphoric acid groups is 1. The molecule has 0 saturated heterocycles. The van der Waals surface area contributed by atoms with Crippen LogP contribution in [0.5, 0.6) is 0 Å². The average Bonchev–Trinajstić information content (AvgIpc) is 3.01. The molecule has 0 unspecified atom stereocenters. The van der Waals surface area contributed by atoms with Gasteiger partial charge in [0, 0.05) is 12.8 Å². The molecule has 0 aliphatic rings. The Bertz CT molecular complexity index is 953. The van der Waals surface area contributed by atoms with Crippen molar-refractivity contribution in [1.82, 2.24) is 0 Å². The van der Waals surface area contributed by atoms with Crippen molar-refractivity contribution in [3.8, 4) is 0 Å². The number of aliphatic hydroxyl groups excluding tert-OH is 2. The molecular weight excluding hydrogens is 623 g/mol. The lowest BCUT2D eigenvalue weighted by molar-refractivity contribution is -0.161. The first-order valence-corrected chi connectivity index (χ1v) is 19.0. The van der Waals surface area contributed by atoms with Crippen LogP contribution in [-0.2, 0) is 28.2 Å². The van der Waals surface area contributed by atoms with Gasteiger partial charge in [-0.1, -0.05) is 114 Å². The summed E-state index contributed by atoms with van der Waals surface area (Å²) in [6, 6.07) is 0. The third-order valence-corrected chi connectivity index (χ3v) is 7.73. The molecule has 0 amide bonds. The Morgan fingerprint density at radius 1 is 0.660 bits per heavy atom. The predicted molar refractivity (Wildman–Crippen MR) is 186 cm³/mol. The van der Waals surface area contributed by atoms with Gasteiger partial charge in [0.25, 0.3) is 0 Å². The highest BCUT2D eigenvalue weighted by Crippen LogP contribution is 2.36. The summed E-state index contributed by atoms with van der Waals surface area (Å²) in [5.74, 6) is -0.453. The molecule has 0 saturated carbocycles. The van der Waals surface area contributed by atoms with Gasteiger partial charge in [-0.2, -0.15) is 0 Å². The van der Waals surface area contributed by atoms with E-state index in [0.717, 1.165) is 50.9 Å². The van der Waals surface area contributed by atoms with Gasteiger partial charge in [0.2, 0.25) is 0 Å². The van der Waals surface area contributed by atoms with E-state index in [1.807, 2.05) is 18.2 Å². The zero-order valence-electron chi connectivity index (χ0n) is 29.0. The third-order valence-electron chi connectivity index (χ3n) is 7.24. The van der Waals surface area contributed by atoms with E-state index in [-0.39, 0.29) is 32.1 Å². The Balaban J connectivity index is 4.29. The van der Waals surface area contributed by atoms with E-state index in [1.54, 1.807) is 0 Å². The Kier molecular flexibility index (Phi) is 28.7. The molecule has 10 nitrogen and oxygen atoms in total. The molecule has 4 N–H and O–H groups in total. The summed E-state index contributed by atoms with van der Waals surface area (Å²) in [7, 11) is -4.81. The van der Waals surface area contributed by atoms with Crippen LogP contribution in [0.1, 0.15) is 130 Å². The predicted octanol–water partition coefficient (Wildman–Crippen LogP) is 7.80. The lowest BCUT2D eigenvalue weighted by atomic mass is 10.0. The van der Waals surface area contributed by atoms with Crippen molar-refractivity contribution in [3.05, 3.63) is 48.6 Å². The van der Waals surface area contributed by atoms with Crippen molar-refractivity contribution in [1.29, 1.82) is 0 Å². The van der Waals surface area contributed by atoms with E-state index in [1.165, 1.54) is 25.7 Å². The topological polar surface area (TPSA) is 160 Å². The second-order valence-corrected chi connectivity index (χ2v) is 13.5. The maximum Gasteiger partial charge on any atom is 0.469 e. The second-order valence-electron chi connectivity index (χ2n) is 12.3. The first-order chi connectivity index (χ1) is 22.4. The maximum atomic E-state index is 12.3. The molecule has 0 aliphatic heterocycles. The smallest absolute Gasteiger partial charge is 0.462 e. The summed E-state index contributed by atoms with van der Waals surface area (Å²) in [5, 5.41) is 20.4. The Hall–Kier alpha value is -2.07. The molecule has 0 rings (SSSR count). The van der Waals surface area contributed by atoms with Crippen LogP contribution in [0.2, 0.25) is 0 Å². The molecule has 0 bridgehead atoms. The summed E-state index contributed by atoms with van der Waals surface area (Å²) in [6.07, 6.45) is 26.2. The number of carbonyl (C=O) groups is 2. The Morgan fingerprint density at radius 3 is 1.77 bits per heavy atom. The number of carbonyl (C=O) groups excluding carboxylic acids is 2. The molecule has 0 aliphatic carbocycles. The van der Waals surface area contributed by atoms with E-state index in [2.05, 4.69) is 55.7 Å². The van der Waals surface area contributed by atoms with Gasteiger partial charge in [0.15, 0.2) is 6.10 Å². The Morgan fingerprint density at radius 2 is 1.19 bits per heavy atom. The van der Waals surface area contributed by atoms with Crippen LogP contribution in [0, 0.1) is 5.92 Å². The van der Waals surface area contributed by atoms with Gasteiger partial charge in [0.1, 0.15) is 6.61 Å². The van der Waals surface area contributed by atoms with Crippen molar-refractivity contribution < 1.29 is 48.2 Å². The minimum atomic E-state index is -4.81. The summed E-state index contributed by atoms with van der Waals surface area (Å²) >= 11 is 0. The van der Waals surface area contributed by atoms with E-state index in [4.69, 9.17) is 19.3 Å². The standard InChI is InChI=1S/C36H63O10P/c1-4-5-6-7-8-9-10-11-12-15-18-21-25-33(37)34(38)26-23-28-35(39)44-29-32(30-45-47(41,42)43)46-36(40)27-22-19-16-13-14-17-20-24-31(2)3/h5-6,8-9,11-12,18,21,31-34,37-38H,4,7,10,13-17,19-20,22-30H2,1-3H3,(H2,41,42,43)/b6-5-,9-8-,12-11-,21-18-/t32-,33+,34+/m1/s1. The Labute approximate surface area is 283 Å². The summed E-state index contributed by atoms with van der Waals surface area (Å²) < 4.78 is 26.0. The first kappa shape index (κ1) is 44.9. The normalized spacial score (nSPS) is 14.6. The number of hydrogen-bond acceptors (Lipinski definition) is 8. The second kappa shape index (κ2) is 30.0. The molecule has 0 radical (unpaired) electrons. The van der Waals surface area contributed by atoms with Gasteiger partial charge in [-0.05, 0) is 57.3 Å². The van der Waals surface area contributed by atoms with Crippen molar-refractivity contribution in [3.63, 3.8) is 0 Å². The van der Waals surface area contributed by atoms with Gasteiger partial charge >= 0.3 is 19.8 Å². The van der Waals surface area contributed by atoms with E-state index < -0.39 is 51.3 Å². The fraction of sp³-hybridized carbons (Fsp3) is 0.722. The molecule has 0 aromatic carbocycles. The molecule has 3 atom stereocenters. The van der Waals surface area contributed by atoms with Crippen molar-refractivity contribution >= 4 is 19.8 Å².